The molecule has 4 heterocycles. The first kappa shape index (κ1) is 15.5. The normalized spacial score (nSPS) is 20.7. The minimum Gasteiger partial charge on any atom is -0.475 e. The van der Waals surface area contributed by atoms with Gasteiger partial charge in [-0.15, -0.1) is 5.10 Å². The molecule has 128 valence electrons. The van der Waals surface area contributed by atoms with E-state index in [2.05, 4.69) is 32.6 Å². The first-order chi connectivity index (χ1) is 11.6. The Morgan fingerprint density at radius 2 is 2.21 bits per heavy atom. The second-order valence-electron chi connectivity index (χ2n) is 6.10. The van der Waals surface area contributed by atoms with Gasteiger partial charge in [0.25, 0.3) is 5.88 Å². The molecule has 0 spiro atoms. The minimum absolute atomic E-state index is 0.162. The van der Waals surface area contributed by atoms with Crippen LogP contribution in [0.2, 0.25) is 5.02 Å². The van der Waals surface area contributed by atoms with Crippen molar-refractivity contribution < 1.29 is 9.47 Å². The summed E-state index contributed by atoms with van der Waals surface area (Å²) in [6.07, 6.45) is 2.39. The predicted molar refractivity (Wildman–Crippen MR) is 90.3 cm³/mol. The summed E-state index contributed by atoms with van der Waals surface area (Å²) in [4.78, 5) is 8.73. The van der Waals surface area contributed by atoms with E-state index >= 15 is 0 Å². The molecule has 2 aliphatic rings. The van der Waals surface area contributed by atoms with Crippen LogP contribution in [0.25, 0.3) is 0 Å². The number of hydrogen-bond acceptors (Lipinski definition) is 7. The van der Waals surface area contributed by atoms with E-state index < -0.39 is 0 Å². The molecule has 0 aliphatic carbocycles. The van der Waals surface area contributed by atoms with Crippen molar-refractivity contribution >= 4 is 29.1 Å². The molecule has 2 aliphatic heterocycles. The number of fused-ring (bicyclic) bond motifs is 3. The third-order valence-electron chi connectivity index (χ3n) is 4.24. The van der Waals surface area contributed by atoms with E-state index in [0.29, 0.717) is 42.5 Å². The summed E-state index contributed by atoms with van der Waals surface area (Å²) in [5.74, 6) is 1.63. The zero-order chi connectivity index (χ0) is 16.7. The van der Waals surface area contributed by atoms with Gasteiger partial charge in [0.05, 0.1) is 37.8 Å². The third kappa shape index (κ3) is 2.76. The Kier molecular flexibility index (Phi) is 3.93. The average Bonchev–Trinajstić information content (AvgIpc) is 2.77. The van der Waals surface area contributed by atoms with Crippen LogP contribution in [-0.2, 0) is 4.74 Å². The van der Waals surface area contributed by atoms with Crippen LogP contribution in [0.4, 0.5) is 17.5 Å². The standard InChI is InChI=1S/C15H19ClN6O2/c1-8-3-4-24-14-12(9(2)22(21-14)10-6-23-7-10)19-15-17-5-11(16)13(18-8)20-15/h5,8,10H,3-4,6-7H2,1-2H3,(H2,17,18,19,20). The number of halogens is 1. The van der Waals surface area contributed by atoms with E-state index in [4.69, 9.17) is 21.1 Å². The molecule has 0 saturated carbocycles. The van der Waals surface area contributed by atoms with Gasteiger partial charge in [-0.05, 0) is 13.8 Å². The zero-order valence-corrected chi connectivity index (χ0v) is 14.3. The fourth-order valence-corrected chi connectivity index (χ4v) is 2.88. The monoisotopic (exact) mass is 350 g/mol. The molecule has 0 aromatic carbocycles. The Balaban J connectivity index is 1.74. The van der Waals surface area contributed by atoms with Gasteiger partial charge in [-0.25, -0.2) is 4.98 Å². The summed E-state index contributed by atoms with van der Waals surface area (Å²) in [5, 5.41) is 11.6. The maximum absolute atomic E-state index is 6.18. The number of aromatic nitrogens is 4. The lowest BCUT2D eigenvalue weighted by Gasteiger charge is -2.27. The molecule has 2 N–H and O–H groups in total. The maximum Gasteiger partial charge on any atom is 0.257 e. The highest BCUT2D eigenvalue weighted by Gasteiger charge is 2.27. The van der Waals surface area contributed by atoms with E-state index in [0.717, 1.165) is 17.8 Å². The van der Waals surface area contributed by atoms with E-state index in [1.165, 1.54) is 0 Å². The molecule has 2 aromatic rings. The van der Waals surface area contributed by atoms with Crippen LogP contribution >= 0.6 is 11.6 Å². The van der Waals surface area contributed by atoms with Gasteiger partial charge >= 0.3 is 0 Å². The minimum atomic E-state index is 0.162. The van der Waals surface area contributed by atoms with Gasteiger partial charge < -0.3 is 20.1 Å². The summed E-state index contributed by atoms with van der Waals surface area (Å²) in [6.45, 7) is 5.94. The third-order valence-corrected chi connectivity index (χ3v) is 4.51. The summed E-state index contributed by atoms with van der Waals surface area (Å²) in [6, 6.07) is 0.410. The first-order valence-electron chi connectivity index (χ1n) is 7.97. The molecule has 0 radical (unpaired) electrons. The van der Waals surface area contributed by atoms with Crippen LogP contribution in [0.5, 0.6) is 5.88 Å². The van der Waals surface area contributed by atoms with E-state index in [9.17, 15) is 0 Å². The average molecular weight is 351 g/mol. The van der Waals surface area contributed by atoms with Gasteiger partial charge in [-0.2, -0.15) is 4.98 Å². The van der Waals surface area contributed by atoms with Crippen LogP contribution in [0.3, 0.4) is 0 Å². The molecule has 1 atom stereocenters. The van der Waals surface area contributed by atoms with Crippen LogP contribution in [0.1, 0.15) is 25.1 Å². The highest BCUT2D eigenvalue weighted by atomic mass is 35.5. The molecule has 24 heavy (non-hydrogen) atoms. The van der Waals surface area contributed by atoms with Crippen molar-refractivity contribution in [1.82, 2.24) is 19.7 Å². The van der Waals surface area contributed by atoms with Crippen molar-refractivity contribution in [2.24, 2.45) is 0 Å². The molecule has 1 saturated heterocycles. The topological polar surface area (TPSA) is 86.1 Å². The smallest absolute Gasteiger partial charge is 0.257 e. The van der Waals surface area contributed by atoms with Crippen LogP contribution in [-0.4, -0.2) is 45.6 Å². The van der Waals surface area contributed by atoms with Crippen molar-refractivity contribution in [2.45, 2.75) is 32.4 Å². The van der Waals surface area contributed by atoms with Crippen molar-refractivity contribution in [3.63, 3.8) is 0 Å². The second-order valence-corrected chi connectivity index (χ2v) is 6.51. The Bertz CT molecular complexity index is 761. The van der Waals surface area contributed by atoms with Gasteiger partial charge in [-0.3, -0.25) is 4.68 Å². The molecule has 8 nitrogen and oxygen atoms in total. The van der Waals surface area contributed by atoms with E-state index in [-0.39, 0.29) is 12.1 Å². The number of nitrogens with one attached hydrogen (secondary N) is 2. The van der Waals surface area contributed by atoms with Crippen LogP contribution in [0.15, 0.2) is 6.20 Å². The fraction of sp³-hybridized carbons (Fsp3) is 0.533. The van der Waals surface area contributed by atoms with Crippen LogP contribution < -0.4 is 15.4 Å². The molecule has 1 unspecified atom stereocenters. The number of hydrogen-bond donors (Lipinski definition) is 2. The second kappa shape index (κ2) is 6.10. The zero-order valence-electron chi connectivity index (χ0n) is 13.5. The molecule has 0 amide bonds. The van der Waals surface area contributed by atoms with Crippen LogP contribution in [0, 0.1) is 6.92 Å². The Morgan fingerprint density at radius 3 is 2.96 bits per heavy atom. The summed E-state index contributed by atoms with van der Waals surface area (Å²) in [7, 11) is 0. The Morgan fingerprint density at radius 1 is 1.38 bits per heavy atom. The lowest BCUT2D eigenvalue weighted by Crippen LogP contribution is -2.32. The van der Waals surface area contributed by atoms with E-state index in [1.54, 1.807) is 6.20 Å². The van der Waals surface area contributed by atoms with Gasteiger partial charge in [0.15, 0.2) is 5.82 Å². The van der Waals surface area contributed by atoms with Crippen molar-refractivity contribution in [1.29, 1.82) is 0 Å². The van der Waals surface area contributed by atoms with E-state index in [1.807, 2.05) is 11.6 Å². The molecule has 4 rings (SSSR count). The molecule has 1 fully saturated rings. The molecular weight excluding hydrogens is 332 g/mol. The lowest BCUT2D eigenvalue weighted by atomic mass is 10.2. The van der Waals surface area contributed by atoms with Crippen molar-refractivity contribution in [3.05, 3.63) is 16.9 Å². The SMILES string of the molecule is Cc1c2c(nn1C1COC1)OCCC(C)Nc1nc(ncc1Cl)N2. The molecule has 2 aromatic heterocycles. The number of ether oxygens (including phenoxy) is 2. The number of anilines is 3. The Labute approximate surface area is 144 Å². The number of nitrogens with zero attached hydrogens (tertiary/aromatic N) is 4. The predicted octanol–water partition coefficient (Wildman–Crippen LogP) is 2.53. The van der Waals surface area contributed by atoms with Gasteiger partial charge in [0.2, 0.25) is 5.95 Å². The quantitative estimate of drug-likeness (QED) is 0.817. The highest BCUT2D eigenvalue weighted by molar-refractivity contribution is 6.32. The van der Waals surface area contributed by atoms with Gasteiger partial charge in [0, 0.05) is 12.5 Å². The molecule has 9 heteroatoms. The van der Waals surface area contributed by atoms with Gasteiger partial charge in [0.1, 0.15) is 10.7 Å². The lowest BCUT2D eigenvalue weighted by molar-refractivity contribution is -0.0298. The largest absolute Gasteiger partial charge is 0.475 e. The van der Waals surface area contributed by atoms with Crippen molar-refractivity contribution in [2.75, 3.05) is 30.5 Å². The molecular formula is C15H19ClN6O2. The number of rotatable bonds is 1. The first-order valence-corrected chi connectivity index (χ1v) is 8.35. The molecule has 2 bridgehead atoms. The summed E-state index contributed by atoms with van der Waals surface area (Å²) >= 11 is 6.18. The Hall–Kier alpha value is -2.06. The van der Waals surface area contributed by atoms with Gasteiger partial charge in [-0.1, -0.05) is 11.6 Å². The fourth-order valence-electron chi connectivity index (χ4n) is 2.74. The van der Waals surface area contributed by atoms with Crippen molar-refractivity contribution in [3.8, 4) is 5.88 Å². The maximum atomic E-state index is 6.18. The summed E-state index contributed by atoms with van der Waals surface area (Å²) in [5.41, 5.74) is 1.75. The summed E-state index contributed by atoms with van der Waals surface area (Å²) < 4.78 is 13.1. The highest BCUT2D eigenvalue weighted by Crippen LogP contribution is 2.34.